The monoisotopic (exact) mass is 249 g/mol. The van der Waals surface area contributed by atoms with Crippen molar-refractivity contribution in [3.8, 4) is 0 Å². The van der Waals surface area contributed by atoms with Crippen LogP contribution in [0.3, 0.4) is 0 Å². The van der Waals surface area contributed by atoms with Crippen LogP contribution in [0.15, 0.2) is 18.2 Å². The Labute approximate surface area is 105 Å². The molecule has 1 aromatic carbocycles. The van der Waals surface area contributed by atoms with Gasteiger partial charge in [-0.15, -0.1) is 0 Å². The first-order valence-electron chi connectivity index (χ1n) is 5.81. The summed E-state index contributed by atoms with van der Waals surface area (Å²) in [6.07, 6.45) is 0.0399. The maximum atomic E-state index is 13.2. The molecule has 18 heavy (non-hydrogen) atoms. The second-order valence-corrected chi connectivity index (χ2v) is 5.27. The SMILES string of the molecule is Cc1[nH]c2cc(F)ccc2c1C(C)(C)CC(=O)O. The third-order valence-electron chi connectivity index (χ3n) is 3.22. The highest BCUT2D eigenvalue weighted by atomic mass is 19.1. The molecule has 3 nitrogen and oxygen atoms in total. The van der Waals surface area contributed by atoms with Gasteiger partial charge in [-0.25, -0.2) is 4.39 Å². The number of carbonyl (C=O) groups is 1. The highest BCUT2D eigenvalue weighted by Gasteiger charge is 2.29. The first-order chi connectivity index (χ1) is 8.31. The van der Waals surface area contributed by atoms with E-state index in [1.807, 2.05) is 20.8 Å². The number of aliphatic carboxylic acids is 1. The number of aromatic amines is 1. The van der Waals surface area contributed by atoms with E-state index in [-0.39, 0.29) is 12.2 Å². The number of nitrogens with one attached hydrogen (secondary N) is 1. The van der Waals surface area contributed by atoms with Crippen molar-refractivity contribution in [1.82, 2.24) is 4.98 Å². The molecule has 2 N–H and O–H groups in total. The zero-order valence-corrected chi connectivity index (χ0v) is 10.7. The Kier molecular flexibility index (Phi) is 2.89. The summed E-state index contributed by atoms with van der Waals surface area (Å²) in [5.41, 5.74) is 2.05. The van der Waals surface area contributed by atoms with E-state index in [2.05, 4.69) is 4.98 Å². The van der Waals surface area contributed by atoms with Gasteiger partial charge in [0, 0.05) is 22.0 Å². The third-order valence-corrected chi connectivity index (χ3v) is 3.22. The van der Waals surface area contributed by atoms with Crippen molar-refractivity contribution in [1.29, 1.82) is 0 Å². The van der Waals surface area contributed by atoms with Gasteiger partial charge in [0.15, 0.2) is 0 Å². The van der Waals surface area contributed by atoms with Gasteiger partial charge in [0.25, 0.3) is 0 Å². The number of hydrogen-bond donors (Lipinski definition) is 2. The minimum atomic E-state index is -0.837. The van der Waals surface area contributed by atoms with Gasteiger partial charge in [-0.05, 0) is 30.7 Å². The molecule has 0 bridgehead atoms. The van der Waals surface area contributed by atoms with Crippen molar-refractivity contribution in [2.75, 3.05) is 0 Å². The Hall–Kier alpha value is -1.84. The molecule has 1 aromatic heterocycles. The van der Waals surface area contributed by atoms with Gasteiger partial charge in [-0.1, -0.05) is 13.8 Å². The number of H-pyrrole nitrogens is 1. The molecule has 0 spiro atoms. The zero-order chi connectivity index (χ0) is 13.5. The van der Waals surface area contributed by atoms with Crippen LogP contribution in [0.2, 0.25) is 0 Å². The molecule has 0 aliphatic heterocycles. The van der Waals surface area contributed by atoms with Crippen molar-refractivity contribution in [3.05, 3.63) is 35.3 Å². The highest BCUT2D eigenvalue weighted by Crippen LogP contribution is 2.35. The van der Waals surface area contributed by atoms with Crippen molar-refractivity contribution >= 4 is 16.9 Å². The highest BCUT2D eigenvalue weighted by molar-refractivity contribution is 5.86. The molecule has 2 aromatic rings. The number of aromatic nitrogens is 1. The number of benzene rings is 1. The van der Waals surface area contributed by atoms with Gasteiger partial charge in [-0.2, -0.15) is 0 Å². The predicted octanol–water partition coefficient (Wildman–Crippen LogP) is 3.37. The number of hydrogen-bond acceptors (Lipinski definition) is 1. The standard InChI is InChI=1S/C14H16FNO2/c1-8-13(14(2,3)7-12(17)18)10-5-4-9(15)6-11(10)16-8/h4-6,16H,7H2,1-3H3,(H,17,18). The van der Waals surface area contributed by atoms with Crippen LogP contribution in [-0.4, -0.2) is 16.1 Å². The average Bonchev–Trinajstić information content (AvgIpc) is 2.51. The molecule has 1 heterocycles. The fourth-order valence-electron chi connectivity index (χ4n) is 2.64. The quantitative estimate of drug-likeness (QED) is 0.876. The minimum absolute atomic E-state index is 0.0399. The molecule has 0 aliphatic carbocycles. The van der Waals surface area contributed by atoms with Crippen molar-refractivity contribution in [3.63, 3.8) is 0 Å². The summed E-state index contributed by atoms with van der Waals surface area (Å²) in [5, 5.41) is 9.87. The summed E-state index contributed by atoms with van der Waals surface area (Å²) in [5.74, 6) is -1.14. The molecule has 0 fully saturated rings. The van der Waals surface area contributed by atoms with Crippen LogP contribution in [0.4, 0.5) is 4.39 Å². The van der Waals surface area contributed by atoms with Crippen LogP contribution >= 0.6 is 0 Å². The van der Waals surface area contributed by atoms with Gasteiger partial charge in [0.2, 0.25) is 0 Å². The number of fused-ring (bicyclic) bond motifs is 1. The molecule has 0 atom stereocenters. The summed E-state index contributed by atoms with van der Waals surface area (Å²) >= 11 is 0. The van der Waals surface area contributed by atoms with Crippen LogP contribution in [-0.2, 0) is 10.2 Å². The topological polar surface area (TPSA) is 53.1 Å². The van der Waals surface area contributed by atoms with Gasteiger partial charge in [0.05, 0.1) is 6.42 Å². The van der Waals surface area contributed by atoms with E-state index in [1.165, 1.54) is 12.1 Å². The van der Waals surface area contributed by atoms with Gasteiger partial charge in [0.1, 0.15) is 5.82 Å². The molecular formula is C14H16FNO2. The zero-order valence-electron chi connectivity index (χ0n) is 10.7. The van der Waals surface area contributed by atoms with Crippen LogP contribution in [0.5, 0.6) is 0 Å². The van der Waals surface area contributed by atoms with Crippen molar-refractivity contribution in [2.45, 2.75) is 32.6 Å². The summed E-state index contributed by atoms with van der Waals surface area (Å²) in [6, 6.07) is 4.53. The third kappa shape index (κ3) is 2.10. The Morgan fingerprint density at radius 1 is 1.44 bits per heavy atom. The average molecular weight is 249 g/mol. The van der Waals surface area contributed by atoms with E-state index in [1.54, 1.807) is 6.07 Å². The second-order valence-electron chi connectivity index (χ2n) is 5.27. The van der Waals surface area contributed by atoms with Crippen LogP contribution < -0.4 is 0 Å². The van der Waals surface area contributed by atoms with Crippen LogP contribution in [0.1, 0.15) is 31.5 Å². The van der Waals surface area contributed by atoms with Crippen LogP contribution in [0, 0.1) is 12.7 Å². The normalized spacial score (nSPS) is 12.0. The van der Waals surface area contributed by atoms with E-state index >= 15 is 0 Å². The molecule has 0 radical (unpaired) electrons. The first-order valence-corrected chi connectivity index (χ1v) is 5.81. The van der Waals surface area contributed by atoms with Gasteiger partial charge >= 0.3 is 5.97 Å². The molecule has 0 amide bonds. The number of carboxylic acid groups (broad SMARTS) is 1. The summed E-state index contributed by atoms with van der Waals surface area (Å²) in [4.78, 5) is 14.1. The maximum Gasteiger partial charge on any atom is 0.304 e. The van der Waals surface area contributed by atoms with E-state index in [9.17, 15) is 9.18 Å². The van der Waals surface area contributed by atoms with Crippen LogP contribution in [0.25, 0.3) is 10.9 Å². The molecule has 0 saturated heterocycles. The van der Waals surface area contributed by atoms with E-state index in [4.69, 9.17) is 5.11 Å². The molecule has 2 rings (SSSR count). The predicted molar refractivity (Wildman–Crippen MR) is 68.3 cm³/mol. The fourth-order valence-corrected chi connectivity index (χ4v) is 2.64. The summed E-state index contributed by atoms with van der Waals surface area (Å²) in [6.45, 7) is 5.66. The molecule has 0 aliphatic rings. The number of halogens is 1. The van der Waals surface area contributed by atoms with Gasteiger partial charge in [-0.3, -0.25) is 4.79 Å². The lowest BCUT2D eigenvalue weighted by Gasteiger charge is -2.23. The van der Waals surface area contributed by atoms with Crippen molar-refractivity contribution < 1.29 is 14.3 Å². The van der Waals surface area contributed by atoms with E-state index in [0.717, 1.165) is 16.6 Å². The fraction of sp³-hybridized carbons (Fsp3) is 0.357. The molecule has 0 saturated carbocycles. The minimum Gasteiger partial charge on any atom is -0.481 e. The largest absolute Gasteiger partial charge is 0.481 e. The molecule has 0 unspecified atom stereocenters. The number of aryl methyl sites for hydroxylation is 1. The molecule has 96 valence electrons. The van der Waals surface area contributed by atoms with Crippen molar-refractivity contribution in [2.24, 2.45) is 0 Å². The Bertz CT molecular complexity index is 614. The maximum absolute atomic E-state index is 13.2. The Morgan fingerprint density at radius 3 is 2.72 bits per heavy atom. The lowest BCUT2D eigenvalue weighted by atomic mass is 9.80. The lowest BCUT2D eigenvalue weighted by molar-refractivity contribution is -0.138. The van der Waals surface area contributed by atoms with E-state index in [0.29, 0.717) is 5.52 Å². The Balaban J connectivity index is 2.63. The molecule has 4 heteroatoms. The van der Waals surface area contributed by atoms with E-state index < -0.39 is 11.4 Å². The van der Waals surface area contributed by atoms with Gasteiger partial charge < -0.3 is 10.1 Å². The number of carboxylic acids is 1. The lowest BCUT2D eigenvalue weighted by Crippen LogP contribution is -2.22. The summed E-state index contributed by atoms with van der Waals surface area (Å²) < 4.78 is 13.2. The Morgan fingerprint density at radius 2 is 2.11 bits per heavy atom. The summed E-state index contributed by atoms with van der Waals surface area (Å²) in [7, 11) is 0. The molecular weight excluding hydrogens is 233 g/mol. The second kappa shape index (κ2) is 4.12. The first kappa shape index (κ1) is 12.6. The smallest absolute Gasteiger partial charge is 0.304 e. The number of rotatable bonds is 3.